The lowest BCUT2D eigenvalue weighted by molar-refractivity contribution is 0.206. The van der Waals surface area contributed by atoms with Gasteiger partial charge >= 0.3 is 6.03 Å². The molecule has 7 nitrogen and oxygen atoms in total. The normalized spacial score (nSPS) is 10.3. The van der Waals surface area contributed by atoms with Crippen molar-refractivity contribution in [3.8, 4) is 0 Å². The molecule has 18 heavy (non-hydrogen) atoms. The molecule has 0 atom stereocenters. The number of aromatic amines is 1. The highest BCUT2D eigenvalue weighted by molar-refractivity contribution is 5.73. The molecule has 0 aliphatic carbocycles. The number of amides is 2. The highest BCUT2D eigenvalue weighted by atomic mass is 16.2. The number of nitrogens with one attached hydrogen (secondary N) is 2. The Hall–Kier alpha value is -2.31. The molecule has 0 radical (unpaired) electrons. The van der Waals surface area contributed by atoms with Crippen LogP contribution in [0, 0.1) is 0 Å². The van der Waals surface area contributed by atoms with Crippen LogP contribution in [0.2, 0.25) is 0 Å². The van der Waals surface area contributed by atoms with Gasteiger partial charge in [0.15, 0.2) is 0 Å². The fourth-order valence-electron chi connectivity index (χ4n) is 1.59. The summed E-state index contributed by atoms with van der Waals surface area (Å²) in [7, 11) is 3.59. The van der Waals surface area contributed by atoms with Gasteiger partial charge in [0.25, 0.3) is 0 Å². The molecule has 2 heterocycles. The zero-order chi connectivity index (χ0) is 13.0. The summed E-state index contributed by atoms with van der Waals surface area (Å²) in [6, 6.07) is 1.69. The van der Waals surface area contributed by atoms with E-state index in [1.807, 2.05) is 19.3 Å². The largest absolute Gasteiger partial charge is 0.332 e. The second-order valence-electron chi connectivity index (χ2n) is 4.12. The molecule has 0 unspecified atom stereocenters. The van der Waals surface area contributed by atoms with Gasteiger partial charge < -0.3 is 10.2 Å². The van der Waals surface area contributed by atoms with Crippen LogP contribution in [0.3, 0.4) is 0 Å². The number of nitrogens with zero attached hydrogens (tertiary/aromatic N) is 4. The highest BCUT2D eigenvalue weighted by Crippen LogP contribution is 2.01. The van der Waals surface area contributed by atoms with Gasteiger partial charge in [-0.1, -0.05) is 0 Å². The van der Waals surface area contributed by atoms with Crippen LogP contribution in [0.4, 0.5) is 4.79 Å². The summed E-state index contributed by atoms with van der Waals surface area (Å²) in [4.78, 5) is 13.4. The van der Waals surface area contributed by atoms with Gasteiger partial charge in [0.1, 0.15) is 0 Å². The summed E-state index contributed by atoms with van der Waals surface area (Å²) in [5, 5.41) is 13.5. The summed E-state index contributed by atoms with van der Waals surface area (Å²) in [5.41, 5.74) is 1.87. The first-order chi connectivity index (χ1) is 8.65. The first-order valence-electron chi connectivity index (χ1n) is 5.60. The van der Waals surface area contributed by atoms with E-state index in [1.54, 1.807) is 29.0 Å². The number of H-pyrrole nitrogens is 1. The Kier molecular flexibility index (Phi) is 3.61. The maximum absolute atomic E-state index is 11.8. The molecule has 0 bridgehead atoms. The van der Waals surface area contributed by atoms with Crippen LogP contribution in [-0.2, 0) is 20.1 Å². The first kappa shape index (κ1) is 12.2. The average molecular weight is 248 g/mol. The molecular weight excluding hydrogens is 232 g/mol. The Morgan fingerprint density at radius 3 is 3.06 bits per heavy atom. The summed E-state index contributed by atoms with van der Waals surface area (Å²) < 4.78 is 1.71. The van der Waals surface area contributed by atoms with Crippen molar-refractivity contribution >= 4 is 6.03 Å². The summed E-state index contributed by atoms with van der Waals surface area (Å²) in [6.07, 6.45) is 5.29. The molecular formula is C11H16N6O. The monoisotopic (exact) mass is 248 g/mol. The molecule has 2 rings (SSSR count). The van der Waals surface area contributed by atoms with E-state index in [-0.39, 0.29) is 6.03 Å². The molecule has 2 aromatic rings. The van der Waals surface area contributed by atoms with E-state index in [0.717, 1.165) is 11.3 Å². The number of rotatable bonds is 4. The lowest BCUT2D eigenvalue weighted by Crippen LogP contribution is -2.36. The van der Waals surface area contributed by atoms with E-state index in [1.165, 1.54) is 0 Å². The van der Waals surface area contributed by atoms with Gasteiger partial charge in [0, 0.05) is 32.1 Å². The van der Waals surface area contributed by atoms with Crippen molar-refractivity contribution < 1.29 is 4.79 Å². The molecule has 96 valence electrons. The Balaban J connectivity index is 1.81. The van der Waals surface area contributed by atoms with Crippen LogP contribution < -0.4 is 5.32 Å². The lowest BCUT2D eigenvalue weighted by atomic mass is 10.3. The molecule has 0 spiro atoms. The zero-order valence-corrected chi connectivity index (χ0v) is 10.4. The van der Waals surface area contributed by atoms with Crippen LogP contribution >= 0.6 is 0 Å². The molecule has 2 amide bonds. The standard InChI is InChI=1S/C11H16N6O/c1-16(7-9-5-14-17(2)8-9)11(18)12-6-10-3-4-13-15-10/h3-5,8H,6-7H2,1-2H3,(H,12,18)(H,13,15). The predicted molar refractivity (Wildman–Crippen MR) is 65.5 cm³/mol. The van der Waals surface area contributed by atoms with Gasteiger partial charge in [-0.05, 0) is 6.07 Å². The lowest BCUT2D eigenvalue weighted by Gasteiger charge is -2.16. The fraction of sp³-hybridized carbons (Fsp3) is 0.364. The number of carbonyl (C=O) groups excluding carboxylic acids is 1. The van der Waals surface area contributed by atoms with E-state index >= 15 is 0 Å². The Morgan fingerprint density at radius 1 is 1.61 bits per heavy atom. The summed E-state index contributed by atoms with van der Waals surface area (Å²) >= 11 is 0. The molecule has 2 aromatic heterocycles. The molecule has 0 fully saturated rings. The number of hydrogen-bond acceptors (Lipinski definition) is 3. The minimum atomic E-state index is -0.131. The fourth-order valence-corrected chi connectivity index (χ4v) is 1.59. The second kappa shape index (κ2) is 5.35. The highest BCUT2D eigenvalue weighted by Gasteiger charge is 2.09. The van der Waals surface area contributed by atoms with Gasteiger partial charge in [-0.3, -0.25) is 9.78 Å². The predicted octanol–water partition coefficient (Wildman–Crippen LogP) is 0.485. The van der Waals surface area contributed by atoms with E-state index in [2.05, 4.69) is 20.6 Å². The Bertz CT molecular complexity index is 503. The third-order valence-corrected chi connectivity index (χ3v) is 2.51. The molecule has 2 N–H and O–H groups in total. The van der Waals surface area contributed by atoms with Crippen LogP contribution in [0.5, 0.6) is 0 Å². The smallest absolute Gasteiger partial charge is 0.317 e. The van der Waals surface area contributed by atoms with Crippen LogP contribution in [0.15, 0.2) is 24.7 Å². The van der Waals surface area contributed by atoms with E-state index in [4.69, 9.17) is 0 Å². The molecule has 7 heteroatoms. The first-order valence-corrected chi connectivity index (χ1v) is 5.60. The number of aromatic nitrogens is 4. The summed E-state index contributed by atoms with van der Waals surface area (Å²) in [6.45, 7) is 0.971. The minimum Gasteiger partial charge on any atom is -0.332 e. The third kappa shape index (κ3) is 3.09. The molecule has 0 aliphatic heterocycles. The summed E-state index contributed by atoms with van der Waals surface area (Å²) in [5.74, 6) is 0. The van der Waals surface area contributed by atoms with Crippen molar-refractivity contribution in [2.75, 3.05) is 7.05 Å². The number of hydrogen-bond donors (Lipinski definition) is 2. The second-order valence-corrected chi connectivity index (χ2v) is 4.12. The van der Waals surface area contributed by atoms with Gasteiger partial charge in [-0.25, -0.2) is 4.79 Å². The molecule has 0 aliphatic rings. The zero-order valence-electron chi connectivity index (χ0n) is 10.4. The van der Waals surface area contributed by atoms with E-state index in [9.17, 15) is 4.79 Å². The van der Waals surface area contributed by atoms with Gasteiger partial charge in [0.05, 0.1) is 25.0 Å². The van der Waals surface area contributed by atoms with Gasteiger partial charge in [0.2, 0.25) is 0 Å². The van der Waals surface area contributed by atoms with Crippen molar-refractivity contribution in [3.05, 3.63) is 35.9 Å². The van der Waals surface area contributed by atoms with E-state index < -0.39 is 0 Å². The third-order valence-electron chi connectivity index (χ3n) is 2.51. The molecule has 0 aromatic carbocycles. The van der Waals surface area contributed by atoms with Crippen LogP contribution in [-0.4, -0.2) is 38.0 Å². The van der Waals surface area contributed by atoms with Gasteiger partial charge in [-0.2, -0.15) is 10.2 Å². The molecule has 0 saturated heterocycles. The number of urea groups is 1. The van der Waals surface area contributed by atoms with Crippen molar-refractivity contribution in [3.63, 3.8) is 0 Å². The Labute approximate surface area is 105 Å². The van der Waals surface area contributed by atoms with Crippen LogP contribution in [0.1, 0.15) is 11.3 Å². The van der Waals surface area contributed by atoms with Crippen molar-refractivity contribution in [2.45, 2.75) is 13.1 Å². The van der Waals surface area contributed by atoms with Crippen LogP contribution in [0.25, 0.3) is 0 Å². The topological polar surface area (TPSA) is 78.8 Å². The van der Waals surface area contributed by atoms with Crippen molar-refractivity contribution in [2.24, 2.45) is 7.05 Å². The maximum atomic E-state index is 11.8. The minimum absolute atomic E-state index is 0.131. The van der Waals surface area contributed by atoms with Crippen molar-refractivity contribution in [1.82, 2.24) is 30.2 Å². The number of carbonyl (C=O) groups is 1. The quantitative estimate of drug-likeness (QED) is 0.826. The Morgan fingerprint density at radius 2 is 2.44 bits per heavy atom. The van der Waals surface area contributed by atoms with Crippen molar-refractivity contribution in [1.29, 1.82) is 0 Å². The SMILES string of the molecule is CN(Cc1cnn(C)c1)C(=O)NCc1ccn[nH]1. The average Bonchev–Trinajstić information content (AvgIpc) is 2.97. The molecule has 0 saturated carbocycles. The maximum Gasteiger partial charge on any atom is 0.317 e. The number of aryl methyl sites for hydroxylation is 1. The van der Waals surface area contributed by atoms with E-state index in [0.29, 0.717) is 13.1 Å². The van der Waals surface area contributed by atoms with Gasteiger partial charge in [-0.15, -0.1) is 0 Å².